The lowest BCUT2D eigenvalue weighted by Crippen LogP contribution is -2.42. The van der Waals surface area contributed by atoms with Crippen LogP contribution >= 0.6 is 0 Å². The van der Waals surface area contributed by atoms with Gasteiger partial charge >= 0.3 is 12.0 Å². The first-order valence-electron chi connectivity index (χ1n) is 11.1. The molecule has 10 nitrogen and oxygen atoms in total. The fourth-order valence-electron chi connectivity index (χ4n) is 3.82. The lowest BCUT2D eigenvalue weighted by Gasteiger charge is -2.22. The molecule has 2 aromatic rings. The summed E-state index contributed by atoms with van der Waals surface area (Å²) < 4.78 is 0. The molecule has 2 atom stereocenters. The van der Waals surface area contributed by atoms with Crippen molar-refractivity contribution in [1.82, 2.24) is 9.80 Å². The summed E-state index contributed by atoms with van der Waals surface area (Å²) in [6.45, 7) is 4.72. The number of rotatable bonds is 9. The summed E-state index contributed by atoms with van der Waals surface area (Å²) in [5.74, 6) is -3.22. The number of aryl methyl sites for hydroxylation is 1. The minimum atomic E-state index is -1.24. The highest BCUT2D eigenvalue weighted by Gasteiger charge is 2.50. The number of nitrogens with one attached hydrogen (secondary N) is 1. The molecule has 1 saturated heterocycles. The number of carbonyl (C=O) groups is 4. The van der Waals surface area contributed by atoms with Crippen molar-refractivity contribution in [3.8, 4) is 0 Å². The zero-order valence-corrected chi connectivity index (χ0v) is 20.0. The van der Waals surface area contributed by atoms with E-state index in [4.69, 9.17) is 0 Å². The van der Waals surface area contributed by atoms with E-state index in [9.17, 15) is 29.2 Å². The van der Waals surface area contributed by atoms with Gasteiger partial charge in [-0.2, -0.15) is 4.91 Å². The second kappa shape index (κ2) is 10.0. The number of carboxylic acid groups (broad SMARTS) is 1. The number of benzene rings is 2. The minimum Gasteiger partial charge on any atom is -0.481 e. The third kappa shape index (κ3) is 5.37. The zero-order valence-electron chi connectivity index (χ0n) is 20.0. The summed E-state index contributed by atoms with van der Waals surface area (Å²) in [6, 6.07) is 11.8. The van der Waals surface area contributed by atoms with Gasteiger partial charge in [-0.1, -0.05) is 35.0 Å². The van der Waals surface area contributed by atoms with Gasteiger partial charge < -0.3 is 15.3 Å². The molecule has 0 bridgehead atoms. The number of amides is 4. The molecule has 0 spiro atoms. The Balaban J connectivity index is 1.70. The first-order chi connectivity index (χ1) is 16.4. The lowest BCUT2D eigenvalue weighted by molar-refractivity contribution is -0.143. The molecule has 1 aliphatic rings. The lowest BCUT2D eigenvalue weighted by atomic mass is 9.94. The molecule has 2 N–H and O–H groups in total. The maximum absolute atomic E-state index is 12.6. The van der Waals surface area contributed by atoms with Crippen LogP contribution in [0.25, 0.3) is 0 Å². The highest BCUT2D eigenvalue weighted by Crippen LogP contribution is 2.31. The molecule has 0 radical (unpaired) electrons. The first kappa shape index (κ1) is 25.5. The van der Waals surface area contributed by atoms with Crippen LogP contribution in [0.2, 0.25) is 0 Å². The molecule has 2 unspecified atom stereocenters. The highest BCUT2D eigenvalue weighted by molar-refractivity contribution is 6.06. The molecule has 1 aliphatic heterocycles. The number of imide groups is 1. The topological polar surface area (TPSA) is 136 Å². The van der Waals surface area contributed by atoms with Gasteiger partial charge in [0.15, 0.2) is 0 Å². The second-order valence-corrected chi connectivity index (χ2v) is 9.15. The quantitative estimate of drug-likeness (QED) is 0.414. The summed E-state index contributed by atoms with van der Waals surface area (Å²) in [6.07, 6.45) is -0.199. The summed E-state index contributed by atoms with van der Waals surface area (Å²) in [7, 11) is 1.48. The van der Waals surface area contributed by atoms with E-state index in [1.165, 1.54) is 11.9 Å². The third-order valence-electron chi connectivity index (χ3n) is 6.38. The second-order valence-electron chi connectivity index (χ2n) is 9.15. The van der Waals surface area contributed by atoms with Crippen LogP contribution in [0.1, 0.15) is 47.8 Å². The van der Waals surface area contributed by atoms with Crippen LogP contribution < -0.4 is 5.32 Å². The Labute approximate surface area is 202 Å². The van der Waals surface area contributed by atoms with Crippen molar-refractivity contribution < 1.29 is 24.3 Å². The fourth-order valence-corrected chi connectivity index (χ4v) is 3.82. The first-order valence-corrected chi connectivity index (χ1v) is 11.1. The standard InChI is InChI=1S/C25H28N4O6/c1-15-5-7-17(8-6-15)21(30)26-19-11-9-16(10-12-19)20(27-35)13-18(22(31)32)14-29-23(33)25(2,3)28(4)24(29)34/h5-12,18,20H,13-14H2,1-4H3,(H,26,30)(H,31,32). The molecule has 184 valence electrons. The molecule has 0 saturated carbocycles. The molecule has 4 amide bonds. The number of likely N-dealkylation sites (N-methyl/N-ethyl adjacent to an activating group) is 1. The van der Waals surface area contributed by atoms with Gasteiger partial charge in [0.25, 0.3) is 11.8 Å². The van der Waals surface area contributed by atoms with Crippen LogP contribution in [-0.4, -0.2) is 57.9 Å². The van der Waals surface area contributed by atoms with Crippen molar-refractivity contribution in [3.05, 3.63) is 70.1 Å². The van der Waals surface area contributed by atoms with Crippen LogP contribution in [-0.2, 0) is 9.59 Å². The molecule has 0 aromatic heterocycles. The van der Waals surface area contributed by atoms with Crippen LogP contribution in [0.5, 0.6) is 0 Å². The van der Waals surface area contributed by atoms with E-state index >= 15 is 0 Å². The van der Waals surface area contributed by atoms with E-state index in [0.29, 0.717) is 16.8 Å². The maximum atomic E-state index is 12.6. The molecule has 3 rings (SSSR count). The predicted octanol–water partition coefficient (Wildman–Crippen LogP) is 3.82. The summed E-state index contributed by atoms with van der Waals surface area (Å²) in [5, 5.41) is 15.6. The monoisotopic (exact) mass is 480 g/mol. The minimum absolute atomic E-state index is 0.199. The average molecular weight is 481 g/mol. The van der Waals surface area contributed by atoms with E-state index in [1.54, 1.807) is 50.2 Å². The van der Waals surface area contributed by atoms with Gasteiger partial charge in [-0.3, -0.25) is 19.3 Å². The molecule has 1 heterocycles. The van der Waals surface area contributed by atoms with Crippen LogP contribution in [0.3, 0.4) is 0 Å². The van der Waals surface area contributed by atoms with E-state index in [2.05, 4.69) is 10.5 Å². The Morgan fingerprint density at radius 1 is 1.06 bits per heavy atom. The number of carboxylic acids is 1. The Hall–Kier alpha value is -4.08. The van der Waals surface area contributed by atoms with Gasteiger partial charge in [-0.25, -0.2) is 4.79 Å². The van der Waals surface area contributed by atoms with Gasteiger partial charge in [0.2, 0.25) is 0 Å². The summed E-state index contributed by atoms with van der Waals surface area (Å²) >= 11 is 0. The molecular weight excluding hydrogens is 452 g/mol. The van der Waals surface area contributed by atoms with Crippen molar-refractivity contribution in [3.63, 3.8) is 0 Å². The number of urea groups is 1. The fraction of sp³-hybridized carbons (Fsp3) is 0.360. The van der Waals surface area contributed by atoms with Crippen LogP contribution in [0.4, 0.5) is 10.5 Å². The summed E-state index contributed by atoms with van der Waals surface area (Å²) in [4.78, 5) is 63.2. The van der Waals surface area contributed by atoms with Gasteiger partial charge in [0.05, 0.1) is 5.92 Å². The third-order valence-corrected chi connectivity index (χ3v) is 6.38. The molecular formula is C25H28N4O6. The normalized spacial score (nSPS) is 16.7. The maximum Gasteiger partial charge on any atom is 0.327 e. The van der Waals surface area contributed by atoms with E-state index in [1.807, 2.05) is 19.1 Å². The van der Waals surface area contributed by atoms with E-state index in [0.717, 1.165) is 10.5 Å². The molecule has 1 fully saturated rings. The Morgan fingerprint density at radius 2 is 1.66 bits per heavy atom. The van der Waals surface area contributed by atoms with Gasteiger partial charge in [-0.05, 0) is 57.0 Å². The molecule has 35 heavy (non-hydrogen) atoms. The van der Waals surface area contributed by atoms with E-state index in [-0.39, 0.29) is 18.9 Å². The van der Waals surface area contributed by atoms with Gasteiger partial charge in [-0.15, -0.1) is 0 Å². The average Bonchev–Trinajstić information content (AvgIpc) is 2.97. The number of nitroso groups, excluding NO2 is 1. The number of aliphatic carboxylic acids is 1. The van der Waals surface area contributed by atoms with Crippen molar-refractivity contribution in [1.29, 1.82) is 0 Å². The van der Waals surface area contributed by atoms with Crippen molar-refractivity contribution in [2.75, 3.05) is 18.9 Å². The van der Waals surface area contributed by atoms with Crippen molar-refractivity contribution >= 4 is 29.5 Å². The molecule has 2 aromatic carbocycles. The van der Waals surface area contributed by atoms with Crippen LogP contribution in [0.15, 0.2) is 53.7 Å². The highest BCUT2D eigenvalue weighted by atomic mass is 16.4. The predicted molar refractivity (Wildman–Crippen MR) is 129 cm³/mol. The molecule has 10 heteroatoms. The SMILES string of the molecule is Cc1ccc(C(=O)Nc2ccc(C(CC(CN3C(=O)N(C)C(C)(C)C3=O)C(=O)O)N=O)cc2)cc1. The zero-order chi connectivity index (χ0) is 25.9. The summed E-state index contributed by atoms with van der Waals surface area (Å²) in [5.41, 5.74) is 1.40. The smallest absolute Gasteiger partial charge is 0.327 e. The number of anilines is 1. The number of hydrogen-bond donors (Lipinski definition) is 2. The Bertz CT molecular complexity index is 1140. The van der Waals surface area contributed by atoms with Gasteiger partial charge in [0.1, 0.15) is 11.6 Å². The van der Waals surface area contributed by atoms with Crippen LogP contribution in [0, 0.1) is 17.7 Å². The largest absolute Gasteiger partial charge is 0.481 e. The number of nitrogens with zero attached hydrogens (tertiary/aromatic N) is 3. The number of carbonyl (C=O) groups excluding carboxylic acids is 3. The van der Waals surface area contributed by atoms with Crippen molar-refractivity contribution in [2.45, 2.75) is 38.8 Å². The Kier molecular flexibility index (Phi) is 7.33. The number of hydrogen-bond acceptors (Lipinski definition) is 6. The van der Waals surface area contributed by atoms with Crippen molar-refractivity contribution in [2.24, 2.45) is 11.1 Å². The Morgan fingerprint density at radius 3 is 2.14 bits per heavy atom. The molecule has 0 aliphatic carbocycles. The van der Waals surface area contributed by atoms with E-state index < -0.39 is 35.4 Å². The van der Waals surface area contributed by atoms with Gasteiger partial charge in [0, 0.05) is 24.8 Å².